The van der Waals surface area contributed by atoms with Crippen molar-refractivity contribution in [3.8, 4) is 5.75 Å². The van der Waals surface area contributed by atoms with Crippen molar-refractivity contribution >= 4 is 11.7 Å². The predicted molar refractivity (Wildman–Crippen MR) is 74.8 cm³/mol. The van der Waals surface area contributed by atoms with E-state index in [9.17, 15) is 9.90 Å². The van der Waals surface area contributed by atoms with Crippen LogP contribution in [0.5, 0.6) is 5.75 Å². The largest absolute Gasteiger partial charge is 0.545 e. The fourth-order valence-corrected chi connectivity index (χ4v) is 1.55. The monoisotopic (exact) mass is 274 g/mol. The average molecular weight is 274 g/mol. The molecule has 6 N–H and O–H groups in total. The SMILES string of the molecule is Nc1ccccc1C(=O)[O-].[NH3+]CCc1ccc(O)cc1. The number of quaternary nitrogens is 1. The molecule has 0 radical (unpaired) electrons. The summed E-state index contributed by atoms with van der Waals surface area (Å²) in [6.07, 6.45) is 0.986. The zero-order valence-electron chi connectivity index (χ0n) is 11.1. The Morgan fingerprint density at radius 1 is 1.15 bits per heavy atom. The normalized spacial score (nSPS) is 9.45. The van der Waals surface area contributed by atoms with E-state index >= 15 is 0 Å². The molecule has 20 heavy (non-hydrogen) atoms. The highest BCUT2D eigenvalue weighted by Gasteiger charge is 1.95. The number of aromatic hydroxyl groups is 1. The van der Waals surface area contributed by atoms with Crippen LogP contribution in [-0.4, -0.2) is 17.6 Å². The van der Waals surface area contributed by atoms with Crippen molar-refractivity contribution in [2.45, 2.75) is 6.42 Å². The van der Waals surface area contributed by atoms with Gasteiger partial charge in [-0.05, 0) is 23.8 Å². The van der Waals surface area contributed by atoms with Gasteiger partial charge in [-0.3, -0.25) is 0 Å². The molecule has 0 aliphatic rings. The molecule has 0 spiro atoms. The molecule has 0 bridgehead atoms. The lowest BCUT2D eigenvalue weighted by atomic mass is 10.1. The van der Waals surface area contributed by atoms with Crippen LogP contribution in [0, 0.1) is 0 Å². The molecule has 2 rings (SSSR count). The summed E-state index contributed by atoms with van der Waals surface area (Å²) in [6, 6.07) is 13.4. The molecule has 2 aromatic carbocycles. The van der Waals surface area contributed by atoms with Crippen LogP contribution in [0.3, 0.4) is 0 Å². The molecule has 0 aliphatic heterocycles. The van der Waals surface area contributed by atoms with Gasteiger partial charge in [-0.1, -0.05) is 30.3 Å². The highest BCUT2D eigenvalue weighted by atomic mass is 16.4. The molecule has 106 valence electrons. The second-order valence-corrected chi connectivity index (χ2v) is 4.14. The number of benzene rings is 2. The highest BCUT2D eigenvalue weighted by molar-refractivity contribution is 5.91. The number of nitrogens with two attached hydrogens (primary N) is 1. The Balaban J connectivity index is 0.000000200. The number of carbonyl (C=O) groups excluding carboxylic acids is 1. The molecule has 0 amide bonds. The Labute approximate surface area is 117 Å². The van der Waals surface area contributed by atoms with Gasteiger partial charge in [-0.2, -0.15) is 0 Å². The lowest BCUT2D eigenvalue weighted by Crippen LogP contribution is -2.51. The summed E-state index contributed by atoms with van der Waals surface area (Å²) in [5.41, 5.74) is 10.6. The smallest absolute Gasteiger partial charge is 0.115 e. The number of carboxylic acid groups (broad SMARTS) is 1. The van der Waals surface area contributed by atoms with Crippen LogP contribution in [0.15, 0.2) is 48.5 Å². The number of nitrogen functional groups attached to an aromatic ring is 1. The van der Waals surface area contributed by atoms with E-state index in [1.807, 2.05) is 12.1 Å². The Morgan fingerprint density at radius 2 is 1.75 bits per heavy atom. The van der Waals surface area contributed by atoms with Gasteiger partial charge < -0.3 is 26.5 Å². The molecule has 2 aromatic rings. The molecule has 0 unspecified atom stereocenters. The second-order valence-electron chi connectivity index (χ2n) is 4.14. The topological polar surface area (TPSA) is 114 Å². The Bertz CT molecular complexity index is 553. The van der Waals surface area contributed by atoms with Crippen molar-refractivity contribution in [2.24, 2.45) is 0 Å². The first kappa shape index (κ1) is 15.5. The van der Waals surface area contributed by atoms with E-state index in [4.69, 9.17) is 10.8 Å². The van der Waals surface area contributed by atoms with Gasteiger partial charge in [0.05, 0.1) is 12.5 Å². The molecular formula is C15H18N2O3. The van der Waals surface area contributed by atoms with Crippen molar-refractivity contribution in [2.75, 3.05) is 12.3 Å². The quantitative estimate of drug-likeness (QED) is 0.673. The van der Waals surface area contributed by atoms with Crippen LogP contribution in [0.1, 0.15) is 15.9 Å². The number of para-hydroxylation sites is 1. The summed E-state index contributed by atoms with van der Waals surface area (Å²) in [7, 11) is 0. The maximum absolute atomic E-state index is 10.2. The van der Waals surface area contributed by atoms with E-state index in [-0.39, 0.29) is 11.3 Å². The van der Waals surface area contributed by atoms with E-state index in [1.54, 1.807) is 24.3 Å². The van der Waals surface area contributed by atoms with Crippen molar-refractivity contribution in [1.29, 1.82) is 0 Å². The fraction of sp³-hybridized carbons (Fsp3) is 0.133. The van der Waals surface area contributed by atoms with Gasteiger partial charge in [0.15, 0.2) is 0 Å². The second kappa shape index (κ2) is 7.81. The van der Waals surface area contributed by atoms with Crippen molar-refractivity contribution in [3.05, 3.63) is 59.7 Å². The third kappa shape index (κ3) is 4.99. The number of hydrogen-bond donors (Lipinski definition) is 3. The standard InChI is InChI=1S/C8H11NO.C7H7NO2/c9-6-5-7-1-3-8(10)4-2-7;8-6-4-2-1-3-5(6)7(9)10/h1-4,10H,5-6,9H2;1-4H,8H2,(H,9,10). The molecule has 0 saturated carbocycles. The van der Waals surface area contributed by atoms with Crippen molar-refractivity contribution < 1.29 is 20.7 Å². The minimum atomic E-state index is -1.24. The molecule has 0 aromatic heterocycles. The lowest BCUT2D eigenvalue weighted by molar-refractivity contribution is -0.366. The Morgan fingerprint density at radius 3 is 2.20 bits per heavy atom. The number of hydrogen-bond acceptors (Lipinski definition) is 4. The maximum Gasteiger partial charge on any atom is 0.115 e. The van der Waals surface area contributed by atoms with Gasteiger partial charge in [0.2, 0.25) is 0 Å². The first-order valence-electron chi connectivity index (χ1n) is 6.17. The molecule has 0 atom stereocenters. The zero-order chi connectivity index (χ0) is 15.0. The van der Waals surface area contributed by atoms with Gasteiger partial charge in [0.1, 0.15) is 5.75 Å². The number of aromatic carboxylic acids is 1. The zero-order valence-corrected chi connectivity index (χ0v) is 11.1. The van der Waals surface area contributed by atoms with Gasteiger partial charge in [0, 0.05) is 17.7 Å². The summed E-state index contributed by atoms with van der Waals surface area (Å²) in [4.78, 5) is 10.2. The van der Waals surface area contributed by atoms with E-state index in [1.165, 1.54) is 17.7 Å². The average Bonchev–Trinajstić information content (AvgIpc) is 2.43. The molecule has 5 heteroatoms. The number of phenolic OH excluding ortho intramolecular Hbond substituents is 1. The lowest BCUT2D eigenvalue weighted by Gasteiger charge is -2.03. The van der Waals surface area contributed by atoms with Crippen LogP contribution in [0.4, 0.5) is 5.69 Å². The molecule has 0 fully saturated rings. The summed E-state index contributed by atoms with van der Waals surface area (Å²) in [5, 5.41) is 19.1. The number of carbonyl (C=O) groups is 1. The van der Waals surface area contributed by atoms with Gasteiger partial charge in [-0.15, -0.1) is 0 Å². The van der Waals surface area contributed by atoms with E-state index < -0.39 is 5.97 Å². The molecule has 5 nitrogen and oxygen atoms in total. The number of anilines is 1. The fourth-order valence-electron chi connectivity index (χ4n) is 1.55. The van der Waals surface area contributed by atoms with Crippen LogP contribution in [-0.2, 0) is 6.42 Å². The third-order valence-electron chi connectivity index (χ3n) is 2.58. The van der Waals surface area contributed by atoms with E-state index in [0.717, 1.165) is 13.0 Å². The first-order valence-corrected chi connectivity index (χ1v) is 6.17. The summed E-state index contributed by atoms with van der Waals surface area (Å²) >= 11 is 0. The summed E-state index contributed by atoms with van der Waals surface area (Å²) in [5.74, 6) is -0.911. The predicted octanol–water partition coefficient (Wildman–Crippen LogP) is -0.191. The minimum Gasteiger partial charge on any atom is -0.545 e. The number of rotatable bonds is 3. The van der Waals surface area contributed by atoms with Crippen molar-refractivity contribution in [3.63, 3.8) is 0 Å². The molecule has 0 saturated heterocycles. The third-order valence-corrected chi connectivity index (χ3v) is 2.58. The van der Waals surface area contributed by atoms with Gasteiger partial charge >= 0.3 is 0 Å². The van der Waals surface area contributed by atoms with Gasteiger partial charge in [0.25, 0.3) is 0 Å². The van der Waals surface area contributed by atoms with Crippen LogP contribution in [0.2, 0.25) is 0 Å². The minimum absolute atomic E-state index is 0.0440. The highest BCUT2D eigenvalue weighted by Crippen LogP contribution is 2.09. The molecular weight excluding hydrogens is 256 g/mol. The van der Waals surface area contributed by atoms with Crippen LogP contribution in [0.25, 0.3) is 0 Å². The van der Waals surface area contributed by atoms with Crippen molar-refractivity contribution in [1.82, 2.24) is 0 Å². The van der Waals surface area contributed by atoms with Gasteiger partial charge in [-0.25, -0.2) is 0 Å². The summed E-state index contributed by atoms with van der Waals surface area (Å²) < 4.78 is 0. The summed E-state index contributed by atoms with van der Waals surface area (Å²) in [6.45, 7) is 0.908. The Kier molecular flexibility index (Phi) is 6.06. The van der Waals surface area contributed by atoms with Crippen LogP contribution >= 0.6 is 0 Å². The number of carboxylic acids is 1. The Hall–Kier alpha value is -2.53. The molecule has 0 heterocycles. The van der Waals surface area contributed by atoms with Crippen LogP contribution < -0.4 is 16.6 Å². The maximum atomic E-state index is 10.2. The van der Waals surface area contributed by atoms with E-state index in [2.05, 4.69) is 5.73 Å². The first-order chi connectivity index (χ1) is 9.54. The van der Waals surface area contributed by atoms with E-state index in [0.29, 0.717) is 5.75 Å². The number of phenols is 1. The molecule has 0 aliphatic carbocycles.